The van der Waals surface area contributed by atoms with Crippen LogP contribution in [0.25, 0.3) is 11.1 Å². The maximum absolute atomic E-state index is 12.6. The predicted molar refractivity (Wildman–Crippen MR) is 135 cm³/mol. The Bertz CT molecular complexity index is 1030. The number of hydrogen-bond acceptors (Lipinski definition) is 5. The molecule has 4 rings (SSSR count). The van der Waals surface area contributed by atoms with E-state index >= 15 is 0 Å². The third-order valence-corrected chi connectivity index (χ3v) is 6.86. The zero-order valence-electron chi connectivity index (χ0n) is 21.2. The molecule has 2 aliphatic heterocycles. The standard InChI is InChI=1S/C28H36N2O5/c1-19(2)34-28(32)30-13-11-21(12-14-30)26-18-24-17-23(9-10-25(24)35-26)20-5-7-22(8-6-20)27(31)29(3)15-16-33-4/h5-10,17,19,21,26H,11-16,18H2,1-4H3. The zero-order chi connectivity index (χ0) is 24.9. The molecular formula is C28H36N2O5. The van der Waals surface area contributed by atoms with E-state index in [0.717, 1.165) is 36.1 Å². The van der Waals surface area contributed by atoms with Crippen molar-refractivity contribution < 1.29 is 23.8 Å². The molecule has 0 aliphatic carbocycles. The molecule has 2 aromatic rings. The number of fused-ring (bicyclic) bond motifs is 1. The van der Waals surface area contributed by atoms with Gasteiger partial charge in [-0.1, -0.05) is 18.2 Å². The van der Waals surface area contributed by atoms with E-state index in [4.69, 9.17) is 14.2 Å². The van der Waals surface area contributed by atoms with Gasteiger partial charge in [-0.05, 0) is 73.6 Å². The van der Waals surface area contributed by atoms with Crippen molar-refractivity contribution in [2.75, 3.05) is 40.4 Å². The monoisotopic (exact) mass is 480 g/mol. The van der Waals surface area contributed by atoms with Gasteiger partial charge in [0, 0.05) is 45.8 Å². The Hall–Kier alpha value is -3.06. The number of benzene rings is 2. The average Bonchev–Trinajstić information content (AvgIpc) is 3.30. The first-order valence-electron chi connectivity index (χ1n) is 12.5. The highest BCUT2D eigenvalue weighted by atomic mass is 16.6. The summed E-state index contributed by atoms with van der Waals surface area (Å²) in [4.78, 5) is 28.2. The van der Waals surface area contributed by atoms with E-state index in [2.05, 4.69) is 18.2 Å². The van der Waals surface area contributed by atoms with Crippen LogP contribution in [0.3, 0.4) is 0 Å². The Kier molecular flexibility index (Phi) is 7.96. The number of methoxy groups -OCH3 is 1. The van der Waals surface area contributed by atoms with E-state index in [1.165, 1.54) is 5.56 Å². The molecule has 188 valence electrons. The summed E-state index contributed by atoms with van der Waals surface area (Å²) >= 11 is 0. The fourth-order valence-electron chi connectivity index (χ4n) is 4.80. The number of carbonyl (C=O) groups excluding carboxylic acids is 2. The van der Waals surface area contributed by atoms with Gasteiger partial charge in [0.2, 0.25) is 0 Å². The molecule has 0 aromatic heterocycles. The minimum absolute atomic E-state index is 0.0117. The zero-order valence-corrected chi connectivity index (χ0v) is 21.2. The first-order chi connectivity index (χ1) is 16.9. The number of ether oxygens (including phenoxy) is 3. The van der Waals surface area contributed by atoms with Gasteiger partial charge >= 0.3 is 6.09 Å². The van der Waals surface area contributed by atoms with E-state index in [1.54, 1.807) is 24.0 Å². The fraction of sp³-hybridized carbons (Fsp3) is 0.500. The Morgan fingerprint density at radius 3 is 2.43 bits per heavy atom. The van der Waals surface area contributed by atoms with Crippen LogP contribution in [0, 0.1) is 5.92 Å². The van der Waals surface area contributed by atoms with Gasteiger partial charge in [0.05, 0.1) is 12.7 Å². The summed E-state index contributed by atoms with van der Waals surface area (Å²) in [5.41, 5.74) is 4.07. The van der Waals surface area contributed by atoms with E-state index in [0.29, 0.717) is 37.7 Å². The largest absolute Gasteiger partial charge is 0.490 e. The van der Waals surface area contributed by atoms with Crippen LogP contribution in [-0.2, 0) is 15.9 Å². The van der Waals surface area contributed by atoms with Gasteiger partial charge in [0.15, 0.2) is 0 Å². The number of amides is 2. The molecule has 1 fully saturated rings. The average molecular weight is 481 g/mol. The van der Waals surface area contributed by atoms with Gasteiger partial charge in [0.25, 0.3) is 5.91 Å². The minimum Gasteiger partial charge on any atom is -0.490 e. The molecule has 1 unspecified atom stereocenters. The van der Waals surface area contributed by atoms with Gasteiger partial charge in [-0.3, -0.25) is 4.79 Å². The molecule has 2 aliphatic rings. The third kappa shape index (κ3) is 5.96. The molecule has 0 N–H and O–H groups in total. The predicted octanol–water partition coefficient (Wildman–Crippen LogP) is 4.63. The van der Waals surface area contributed by atoms with Crippen molar-refractivity contribution in [2.24, 2.45) is 5.92 Å². The molecule has 2 heterocycles. The Balaban J connectivity index is 1.35. The van der Waals surface area contributed by atoms with Gasteiger partial charge in [-0.25, -0.2) is 4.79 Å². The summed E-state index contributed by atoms with van der Waals surface area (Å²) in [6, 6.07) is 14.1. The molecule has 1 saturated heterocycles. The first kappa shape index (κ1) is 25.0. The summed E-state index contributed by atoms with van der Waals surface area (Å²) < 4.78 is 16.7. The Morgan fingerprint density at radius 1 is 1.09 bits per heavy atom. The molecular weight excluding hydrogens is 444 g/mol. The van der Waals surface area contributed by atoms with Crippen molar-refractivity contribution in [3.8, 4) is 16.9 Å². The summed E-state index contributed by atoms with van der Waals surface area (Å²) in [6.45, 7) is 6.25. The number of nitrogens with zero attached hydrogens (tertiary/aromatic N) is 2. The number of likely N-dealkylation sites (N-methyl/N-ethyl adjacent to an activating group) is 1. The summed E-state index contributed by atoms with van der Waals surface area (Å²) in [5, 5.41) is 0. The highest BCUT2D eigenvalue weighted by Crippen LogP contribution is 2.37. The molecule has 0 bridgehead atoms. The molecule has 2 aromatic carbocycles. The molecule has 2 amide bonds. The molecule has 1 atom stereocenters. The van der Waals surface area contributed by atoms with Crippen molar-refractivity contribution in [1.82, 2.24) is 9.80 Å². The highest BCUT2D eigenvalue weighted by Gasteiger charge is 2.34. The summed E-state index contributed by atoms with van der Waals surface area (Å²) in [7, 11) is 3.42. The summed E-state index contributed by atoms with van der Waals surface area (Å²) in [6.07, 6.45) is 2.56. The summed E-state index contributed by atoms with van der Waals surface area (Å²) in [5.74, 6) is 1.36. The number of likely N-dealkylation sites (tertiary alicyclic amines) is 1. The van der Waals surface area contributed by atoms with Crippen LogP contribution in [0.15, 0.2) is 42.5 Å². The lowest BCUT2D eigenvalue weighted by Gasteiger charge is -2.34. The Labute approximate surface area is 207 Å². The minimum atomic E-state index is -0.215. The lowest BCUT2D eigenvalue weighted by Crippen LogP contribution is -2.43. The van der Waals surface area contributed by atoms with Crippen LogP contribution in [-0.4, -0.2) is 74.4 Å². The Morgan fingerprint density at radius 2 is 1.77 bits per heavy atom. The van der Waals surface area contributed by atoms with Crippen LogP contribution in [0.4, 0.5) is 4.79 Å². The molecule has 7 nitrogen and oxygen atoms in total. The first-order valence-corrected chi connectivity index (χ1v) is 12.5. The number of piperidine rings is 1. The van der Waals surface area contributed by atoms with Crippen LogP contribution < -0.4 is 4.74 Å². The third-order valence-electron chi connectivity index (χ3n) is 6.86. The number of rotatable bonds is 7. The SMILES string of the molecule is COCCN(C)C(=O)c1ccc(-c2ccc3c(c2)CC(C2CCN(C(=O)OC(C)C)CC2)O3)cc1. The van der Waals surface area contributed by atoms with Crippen LogP contribution in [0.1, 0.15) is 42.6 Å². The molecule has 0 radical (unpaired) electrons. The van der Waals surface area contributed by atoms with Crippen molar-refractivity contribution in [1.29, 1.82) is 0 Å². The van der Waals surface area contributed by atoms with E-state index in [9.17, 15) is 9.59 Å². The highest BCUT2D eigenvalue weighted by molar-refractivity contribution is 5.94. The molecule has 0 spiro atoms. The quantitative estimate of drug-likeness (QED) is 0.578. The maximum Gasteiger partial charge on any atom is 0.410 e. The lowest BCUT2D eigenvalue weighted by molar-refractivity contribution is 0.0502. The molecule has 35 heavy (non-hydrogen) atoms. The smallest absolute Gasteiger partial charge is 0.410 e. The van der Waals surface area contributed by atoms with E-state index in [-0.39, 0.29) is 24.2 Å². The second-order valence-corrected chi connectivity index (χ2v) is 9.74. The normalized spacial score (nSPS) is 17.7. The van der Waals surface area contributed by atoms with Crippen molar-refractivity contribution in [3.63, 3.8) is 0 Å². The van der Waals surface area contributed by atoms with Gasteiger partial charge in [0.1, 0.15) is 11.9 Å². The molecule has 0 saturated carbocycles. The van der Waals surface area contributed by atoms with Crippen LogP contribution >= 0.6 is 0 Å². The second kappa shape index (κ2) is 11.1. The van der Waals surface area contributed by atoms with Gasteiger partial charge in [-0.2, -0.15) is 0 Å². The lowest BCUT2D eigenvalue weighted by atomic mass is 9.88. The van der Waals surface area contributed by atoms with E-state index < -0.39 is 0 Å². The number of carbonyl (C=O) groups is 2. The maximum atomic E-state index is 12.6. The number of hydrogen-bond donors (Lipinski definition) is 0. The van der Waals surface area contributed by atoms with E-state index in [1.807, 2.05) is 38.1 Å². The topological polar surface area (TPSA) is 68.3 Å². The van der Waals surface area contributed by atoms with Crippen molar-refractivity contribution >= 4 is 12.0 Å². The van der Waals surface area contributed by atoms with Gasteiger partial charge in [-0.15, -0.1) is 0 Å². The van der Waals surface area contributed by atoms with Crippen LogP contribution in [0.5, 0.6) is 5.75 Å². The van der Waals surface area contributed by atoms with Crippen LogP contribution in [0.2, 0.25) is 0 Å². The van der Waals surface area contributed by atoms with Crippen molar-refractivity contribution in [3.05, 3.63) is 53.6 Å². The fourth-order valence-corrected chi connectivity index (χ4v) is 4.80. The van der Waals surface area contributed by atoms with Crippen molar-refractivity contribution in [2.45, 2.75) is 45.3 Å². The second-order valence-electron chi connectivity index (χ2n) is 9.74. The van der Waals surface area contributed by atoms with Gasteiger partial charge < -0.3 is 24.0 Å². The molecule has 7 heteroatoms.